The molecule has 5 nitrogen and oxygen atoms in total. The summed E-state index contributed by atoms with van der Waals surface area (Å²) in [5.41, 5.74) is 0.973. The normalized spacial score (nSPS) is 38.6. The van der Waals surface area contributed by atoms with E-state index in [1.807, 2.05) is 28.0 Å². The van der Waals surface area contributed by atoms with Gasteiger partial charge in [0.15, 0.2) is 0 Å². The molecule has 0 aromatic heterocycles. The number of nitrogens with zero attached hydrogens (tertiary/aromatic N) is 2. The first-order valence-corrected chi connectivity index (χ1v) is 12.5. The van der Waals surface area contributed by atoms with Crippen molar-refractivity contribution in [3.63, 3.8) is 0 Å². The van der Waals surface area contributed by atoms with Crippen molar-refractivity contribution in [2.24, 2.45) is 23.2 Å². The van der Waals surface area contributed by atoms with Crippen molar-refractivity contribution in [2.45, 2.75) is 69.9 Å². The maximum Gasteiger partial charge on any atom is 0.245 e. The lowest BCUT2D eigenvalue weighted by molar-refractivity contribution is -0.161. The number of hydrogen-bond donors (Lipinski definition) is 1. The second kappa shape index (κ2) is 7.53. The molecule has 1 aromatic carbocycles. The predicted molar refractivity (Wildman–Crippen MR) is 120 cm³/mol. The molecule has 31 heavy (non-hydrogen) atoms. The molecule has 0 radical (unpaired) electrons. The number of carbonyl (C=O) groups is 2. The van der Waals surface area contributed by atoms with Gasteiger partial charge in [-0.2, -0.15) is 0 Å². The number of anilines is 1. The van der Waals surface area contributed by atoms with Gasteiger partial charge in [0.05, 0.1) is 5.41 Å². The summed E-state index contributed by atoms with van der Waals surface area (Å²) in [5.74, 6) is 2.80. The second-order valence-electron chi connectivity index (χ2n) is 11.1. The van der Waals surface area contributed by atoms with Crippen molar-refractivity contribution in [2.75, 3.05) is 25.0 Å². The van der Waals surface area contributed by atoms with Crippen molar-refractivity contribution >= 4 is 17.5 Å². The predicted octanol–water partition coefficient (Wildman–Crippen LogP) is 3.91. The van der Waals surface area contributed by atoms with Crippen LogP contribution in [0.25, 0.3) is 0 Å². The number of likely N-dealkylation sites (tertiary alicyclic amines) is 2. The molecule has 5 heteroatoms. The largest absolute Gasteiger partial charge is 0.380 e. The minimum absolute atomic E-state index is 0.139. The monoisotopic (exact) mass is 421 g/mol. The van der Waals surface area contributed by atoms with E-state index in [1.54, 1.807) is 0 Å². The molecule has 2 amide bonds. The first kappa shape index (κ1) is 19.6. The summed E-state index contributed by atoms with van der Waals surface area (Å²) in [7, 11) is 0. The number of amides is 2. The molecule has 2 heterocycles. The van der Waals surface area contributed by atoms with Crippen LogP contribution in [0.5, 0.6) is 0 Å². The van der Waals surface area contributed by atoms with E-state index in [0.29, 0.717) is 11.9 Å². The van der Waals surface area contributed by atoms with Gasteiger partial charge in [-0.15, -0.1) is 0 Å². The summed E-state index contributed by atoms with van der Waals surface area (Å²) >= 11 is 0. The maximum atomic E-state index is 13.9. The zero-order valence-corrected chi connectivity index (χ0v) is 18.5. The Hall–Kier alpha value is -2.04. The lowest BCUT2D eigenvalue weighted by atomic mass is 9.49. The number of benzene rings is 1. The van der Waals surface area contributed by atoms with Crippen LogP contribution in [0, 0.1) is 23.2 Å². The Kier molecular flexibility index (Phi) is 4.77. The topological polar surface area (TPSA) is 52.7 Å². The van der Waals surface area contributed by atoms with Crippen molar-refractivity contribution in [3.8, 4) is 0 Å². The second-order valence-corrected chi connectivity index (χ2v) is 11.1. The van der Waals surface area contributed by atoms with E-state index >= 15 is 0 Å². The Balaban J connectivity index is 1.13. The van der Waals surface area contributed by atoms with Crippen LogP contribution in [0.2, 0.25) is 0 Å². The summed E-state index contributed by atoms with van der Waals surface area (Å²) in [5, 5.41) is 3.56. The number of hydrogen-bond acceptors (Lipinski definition) is 3. The van der Waals surface area contributed by atoms with E-state index in [-0.39, 0.29) is 17.4 Å². The first-order chi connectivity index (χ1) is 15.1. The summed E-state index contributed by atoms with van der Waals surface area (Å²) in [6.45, 7) is 2.30. The Morgan fingerprint density at radius 2 is 1.58 bits per heavy atom. The third-order valence-corrected chi connectivity index (χ3v) is 8.94. The van der Waals surface area contributed by atoms with Crippen LogP contribution in [0.4, 0.5) is 5.69 Å². The minimum atomic E-state index is -0.226. The van der Waals surface area contributed by atoms with E-state index in [1.165, 1.54) is 19.3 Å². The van der Waals surface area contributed by atoms with E-state index < -0.39 is 0 Å². The van der Waals surface area contributed by atoms with Gasteiger partial charge in [-0.05, 0) is 87.7 Å². The third kappa shape index (κ3) is 3.44. The van der Waals surface area contributed by atoms with Gasteiger partial charge in [-0.25, -0.2) is 0 Å². The average Bonchev–Trinajstić information content (AvgIpc) is 3.42. The molecular formula is C26H35N3O2. The van der Waals surface area contributed by atoms with Crippen LogP contribution in [0.15, 0.2) is 30.3 Å². The van der Waals surface area contributed by atoms with Gasteiger partial charge in [0.25, 0.3) is 0 Å². The molecule has 4 saturated carbocycles. The Morgan fingerprint density at radius 3 is 2.26 bits per heavy atom. The lowest BCUT2D eigenvalue weighted by Gasteiger charge is -2.56. The van der Waals surface area contributed by atoms with E-state index in [9.17, 15) is 9.59 Å². The van der Waals surface area contributed by atoms with Gasteiger partial charge in [0.2, 0.25) is 11.8 Å². The van der Waals surface area contributed by atoms with E-state index in [4.69, 9.17) is 0 Å². The molecule has 6 aliphatic rings. The zero-order valence-electron chi connectivity index (χ0n) is 18.5. The number of rotatable bonds is 4. The quantitative estimate of drug-likeness (QED) is 0.802. The van der Waals surface area contributed by atoms with Gasteiger partial charge in [-0.3, -0.25) is 9.59 Å². The van der Waals surface area contributed by atoms with Crippen LogP contribution in [-0.2, 0) is 9.59 Å². The molecule has 2 atom stereocenters. The van der Waals surface area contributed by atoms with Crippen LogP contribution in [0.1, 0.15) is 57.8 Å². The van der Waals surface area contributed by atoms with Crippen LogP contribution < -0.4 is 5.32 Å². The summed E-state index contributed by atoms with van der Waals surface area (Å²) in [6.07, 6.45) is 10.1. The fourth-order valence-electron chi connectivity index (χ4n) is 8.00. The molecule has 2 unspecified atom stereocenters. The summed E-state index contributed by atoms with van der Waals surface area (Å²) < 4.78 is 0. The van der Waals surface area contributed by atoms with Crippen molar-refractivity contribution in [1.82, 2.24) is 9.80 Å². The van der Waals surface area contributed by atoms with E-state index in [0.717, 1.165) is 81.6 Å². The standard InChI is InChI=1S/C26H35N3O2/c30-24(28-10-8-22(17-28)27-21-5-2-1-3-6-21)23-7-4-9-29(23)25(31)26-14-18-11-19(15-26)13-20(12-18)16-26/h1-3,5-6,18-20,22-23,27H,4,7-17H2. The molecule has 4 bridgehead atoms. The SMILES string of the molecule is O=C(C1CCCN1C(=O)C12CC3CC(CC(C3)C1)C2)N1CCC(Nc2ccccc2)C1. The lowest BCUT2D eigenvalue weighted by Crippen LogP contribution is -2.57. The fraction of sp³-hybridized carbons (Fsp3) is 0.692. The molecule has 0 spiro atoms. The molecule has 6 fully saturated rings. The van der Waals surface area contributed by atoms with Gasteiger partial charge in [0.1, 0.15) is 6.04 Å². The number of nitrogens with one attached hydrogen (secondary N) is 1. The molecular weight excluding hydrogens is 386 g/mol. The smallest absolute Gasteiger partial charge is 0.245 e. The fourth-order valence-corrected chi connectivity index (χ4v) is 8.00. The summed E-state index contributed by atoms with van der Waals surface area (Å²) in [4.78, 5) is 31.4. The van der Waals surface area contributed by atoms with E-state index in [2.05, 4.69) is 17.4 Å². The maximum absolute atomic E-state index is 13.9. The Morgan fingerprint density at radius 1 is 0.903 bits per heavy atom. The van der Waals surface area contributed by atoms with Crippen LogP contribution >= 0.6 is 0 Å². The molecule has 2 saturated heterocycles. The number of carbonyl (C=O) groups excluding carboxylic acids is 2. The van der Waals surface area contributed by atoms with Crippen molar-refractivity contribution in [3.05, 3.63) is 30.3 Å². The Labute approximate surface area is 185 Å². The van der Waals surface area contributed by atoms with Crippen LogP contribution in [0.3, 0.4) is 0 Å². The summed E-state index contributed by atoms with van der Waals surface area (Å²) in [6, 6.07) is 10.3. The first-order valence-electron chi connectivity index (χ1n) is 12.5. The third-order valence-electron chi connectivity index (χ3n) is 8.94. The number of para-hydroxylation sites is 1. The van der Waals surface area contributed by atoms with Crippen molar-refractivity contribution < 1.29 is 9.59 Å². The highest BCUT2D eigenvalue weighted by Gasteiger charge is 2.57. The zero-order chi connectivity index (χ0) is 21.0. The van der Waals surface area contributed by atoms with Gasteiger partial charge < -0.3 is 15.1 Å². The average molecular weight is 422 g/mol. The molecule has 7 rings (SSSR count). The van der Waals surface area contributed by atoms with Gasteiger partial charge in [-0.1, -0.05) is 18.2 Å². The highest BCUT2D eigenvalue weighted by atomic mass is 16.2. The minimum Gasteiger partial charge on any atom is -0.380 e. The molecule has 166 valence electrons. The molecule has 4 aliphatic carbocycles. The highest BCUT2D eigenvalue weighted by Crippen LogP contribution is 2.60. The highest BCUT2D eigenvalue weighted by molar-refractivity contribution is 5.91. The molecule has 1 aromatic rings. The van der Waals surface area contributed by atoms with Gasteiger partial charge in [0, 0.05) is 31.4 Å². The van der Waals surface area contributed by atoms with Crippen LogP contribution in [-0.4, -0.2) is 53.3 Å². The van der Waals surface area contributed by atoms with Gasteiger partial charge >= 0.3 is 0 Å². The molecule has 2 aliphatic heterocycles. The molecule has 1 N–H and O–H groups in total. The Bertz CT molecular complexity index is 818. The van der Waals surface area contributed by atoms with Crippen molar-refractivity contribution in [1.29, 1.82) is 0 Å².